The Morgan fingerprint density at radius 1 is 1.22 bits per heavy atom. The van der Waals surface area contributed by atoms with Gasteiger partial charge in [-0.05, 0) is 62.5 Å². The number of hydrogen-bond acceptors (Lipinski definition) is 1. The lowest BCUT2D eigenvalue weighted by molar-refractivity contribution is 0.220. The topological polar surface area (TPSA) is 3.24 Å². The summed E-state index contributed by atoms with van der Waals surface area (Å²) in [6.45, 7) is 11.5. The quantitative estimate of drug-likeness (QED) is 0.755. The molecule has 18 heavy (non-hydrogen) atoms. The molecule has 0 atom stereocenters. The van der Waals surface area contributed by atoms with Crippen molar-refractivity contribution in [3.05, 3.63) is 35.1 Å². The molecule has 102 valence electrons. The van der Waals surface area contributed by atoms with Gasteiger partial charge < -0.3 is 4.90 Å². The van der Waals surface area contributed by atoms with Crippen molar-refractivity contribution in [1.82, 2.24) is 4.90 Å². The third kappa shape index (κ3) is 3.55. The maximum absolute atomic E-state index is 13.8. The Morgan fingerprint density at radius 3 is 2.33 bits per heavy atom. The summed E-state index contributed by atoms with van der Waals surface area (Å²) in [5.74, 6) is 0.402. The number of benzene rings is 1. The van der Waals surface area contributed by atoms with Crippen LogP contribution in [0, 0.1) is 12.7 Å². The van der Waals surface area contributed by atoms with Crippen molar-refractivity contribution >= 4 is 0 Å². The summed E-state index contributed by atoms with van der Waals surface area (Å²) in [6, 6.07) is 5.41. The zero-order chi connectivity index (χ0) is 13.5. The van der Waals surface area contributed by atoms with E-state index in [1.807, 2.05) is 26.8 Å². The van der Waals surface area contributed by atoms with Crippen molar-refractivity contribution in [3.8, 4) is 0 Å². The van der Waals surface area contributed by atoms with Crippen LogP contribution in [0.15, 0.2) is 18.2 Å². The van der Waals surface area contributed by atoms with Crippen LogP contribution in [0.5, 0.6) is 0 Å². The van der Waals surface area contributed by atoms with Crippen LogP contribution in [0.2, 0.25) is 0 Å². The molecule has 1 saturated heterocycles. The first-order chi connectivity index (χ1) is 8.72. The molecule has 0 aliphatic carbocycles. The Hall–Kier alpha value is -0.890. The van der Waals surface area contributed by atoms with Gasteiger partial charge in [-0.15, -0.1) is 0 Å². The molecule has 1 aliphatic heterocycles. The van der Waals surface area contributed by atoms with E-state index in [2.05, 4.69) is 11.8 Å². The van der Waals surface area contributed by atoms with Crippen molar-refractivity contribution in [2.24, 2.45) is 0 Å². The SMILES string of the molecule is CC.CCN1CCC(c2c(C)cccc2F)CC1. The van der Waals surface area contributed by atoms with Gasteiger partial charge in [0.15, 0.2) is 0 Å². The zero-order valence-corrected chi connectivity index (χ0v) is 12.2. The highest BCUT2D eigenvalue weighted by Gasteiger charge is 2.23. The largest absolute Gasteiger partial charge is 0.304 e. The molecule has 1 aromatic carbocycles. The maximum Gasteiger partial charge on any atom is 0.126 e. The molecule has 1 fully saturated rings. The van der Waals surface area contributed by atoms with E-state index in [9.17, 15) is 4.39 Å². The molecular weight excluding hydrogens is 225 g/mol. The van der Waals surface area contributed by atoms with Gasteiger partial charge in [-0.2, -0.15) is 0 Å². The van der Waals surface area contributed by atoms with Gasteiger partial charge in [0.2, 0.25) is 0 Å². The van der Waals surface area contributed by atoms with Gasteiger partial charge in [-0.1, -0.05) is 32.9 Å². The zero-order valence-electron chi connectivity index (χ0n) is 12.2. The standard InChI is InChI=1S/C14H20FN.C2H6/c1-3-16-9-7-12(8-10-16)14-11(2)5-4-6-13(14)15;1-2/h4-6,12H,3,7-10H2,1-2H3;1-2H3. The minimum atomic E-state index is -0.0186. The van der Waals surface area contributed by atoms with E-state index < -0.39 is 0 Å². The molecule has 2 rings (SSSR count). The molecule has 0 bridgehead atoms. The van der Waals surface area contributed by atoms with E-state index in [1.165, 1.54) is 0 Å². The molecule has 1 nitrogen and oxygen atoms in total. The van der Waals surface area contributed by atoms with E-state index in [0.717, 1.165) is 43.6 Å². The predicted molar refractivity (Wildman–Crippen MR) is 76.6 cm³/mol. The predicted octanol–water partition coefficient (Wildman–Crippen LogP) is 4.36. The van der Waals surface area contributed by atoms with Crippen LogP contribution in [0.4, 0.5) is 4.39 Å². The lowest BCUT2D eigenvalue weighted by Crippen LogP contribution is -2.33. The Morgan fingerprint density at radius 2 is 1.83 bits per heavy atom. The maximum atomic E-state index is 13.8. The normalized spacial score (nSPS) is 17.2. The van der Waals surface area contributed by atoms with Crippen LogP contribution in [0.1, 0.15) is 50.7 Å². The van der Waals surface area contributed by atoms with Crippen molar-refractivity contribution < 1.29 is 4.39 Å². The van der Waals surface area contributed by atoms with Gasteiger partial charge in [0.1, 0.15) is 5.82 Å². The second-order valence-electron chi connectivity index (χ2n) is 4.68. The summed E-state index contributed by atoms with van der Waals surface area (Å²) >= 11 is 0. The highest BCUT2D eigenvalue weighted by Crippen LogP contribution is 2.31. The second kappa shape index (κ2) is 7.52. The molecule has 0 unspecified atom stereocenters. The fourth-order valence-electron chi connectivity index (χ4n) is 2.70. The summed E-state index contributed by atoms with van der Waals surface area (Å²) in [5.41, 5.74) is 2.06. The molecule has 0 radical (unpaired) electrons. The number of rotatable bonds is 2. The number of halogens is 1. The Balaban J connectivity index is 0.000000771. The van der Waals surface area contributed by atoms with Gasteiger partial charge in [0.25, 0.3) is 0 Å². The lowest BCUT2D eigenvalue weighted by Gasteiger charge is -2.32. The molecule has 0 N–H and O–H groups in total. The fraction of sp³-hybridized carbons (Fsp3) is 0.625. The van der Waals surface area contributed by atoms with Crippen molar-refractivity contribution in [3.63, 3.8) is 0 Å². The minimum absolute atomic E-state index is 0.0186. The van der Waals surface area contributed by atoms with E-state index in [-0.39, 0.29) is 5.82 Å². The highest BCUT2D eigenvalue weighted by atomic mass is 19.1. The van der Waals surface area contributed by atoms with Crippen molar-refractivity contribution in [2.45, 2.75) is 46.5 Å². The van der Waals surface area contributed by atoms with Crippen LogP contribution in [0.3, 0.4) is 0 Å². The fourth-order valence-corrected chi connectivity index (χ4v) is 2.70. The Labute approximate surface area is 111 Å². The van der Waals surface area contributed by atoms with Crippen molar-refractivity contribution in [2.75, 3.05) is 19.6 Å². The van der Waals surface area contributed by atoms with Crippen LogP contribution in [0.25, 0.3) is 0 Å². The molecule has 0 aromatic heterocycles. The first-order valence-electron chi connectivity index (χ1n) is 7.19. The monoisotopic (exact) mass is 251 g/mol. The van der Waals surface area contributed by atoms with E-state index in [0.29, 0.717) is 5.92 Å². The molecule has 1 aliphatic rings. The summed E-state index contributed by atoms with van der Waals surface area (Å²) < 4.78 is 13.8. The molecule has 1 aromatic rings. The lowest BCUT2D eigenvalue weighted by atomic mass is 9.86. The molecule has 0 spiro atoms. The van der Waals surface area contributed by atoms with Crippen LogP contribution < -0.4 is 0 Å². The third-order valence-electron chi connectivity index (χ3n) is 3.71. The highest BCUT2D eigenvalue weighted by molar-refractivity contribution is 5.31. The van der Waals surface area contributed by atoms with Gasteiger partial charge in [-0.3, -0.25) is 0 Å². The summed E-state index contributed by atoms with van der Waals surface area (Å²) in [7, 11) is 0. The summed E-state index contributed by atoms with van der Waals surface area (Å²) in [6.07, 6.45) is 2.19. The van der Waals surface area contributed by atoms with Crippen LogP contribution >= 0.6 is 0 Å². The number of piperidine rings is 1. The number of hydrogen-bond donors (Lipinski definition) is 0. The van der Waals surface area contributed by atoms with Crippen molar-refractivity contribution in [1.29, 1.82) is 0 Å². The van der Waals surface area contributed by atoms with Crippen LogP contribution in [-0.4, -0.2) is 24.5 Å². The number of aryl methyl sites for hydroxylation is 1. The molecular formula is C16H26FN. The van der Waals surface area contributed by atoms with E-state index >= 15 is 0 Å². The van der Waals surface area contributed by atoms with Gasteiger partial charge >= 0.3 is 0 Å². The molecule has 2 heteroatoms. The average molecular weight is 251 g/mol. The summed E-state index contributed by atoms with van der Waals surface area (Å²) in [4.78, 5) is 2.44. The van der Waals surface area contributed by atoms with E-state index in [1.54, 1.807) is 12.1 Å². The smallest absolute Gasteiger partial charge is 0.126 e. The first kappa shape index (κ1) is 15.2. The van der Waals surface area contributed by atoms with Crippen LogP contribution in [-0.2, 0) is 0 Å². The molecule has 1 heterocycles. The first-order valence-corrected chi connectivity index (χ1v) is 7.19. The second-order valence-corrected chi connectivity index (χ2v) is 4.68. The van der Waals surface area contributed by atoms with Gasteiger partial charge in [0, 0.05) is 0 Å². The summed E-state index contributed by atoms with van der Waals surface area (Å²) in [5, 5.41) is 0. The van der Waals surface area contributed by atoms with Gasteiger partial charge in [-0.25, -0.2) is 4.39 Å². The van der Waals surface area contributed by atoms with E-state index in [4.69, 9.17) is 0 Å². The molecule has 0 amide bonds. The minimum Gasteiger partial charge on any atom is -0.304 e. The Kier molecular flexibility index (Phi) is 6.34. The number of nitrogens with zero attached hydrogens (tertiary/aromatic N) is 1. The van der Waals surface area contributed by atoms with Gasteiger partial charge in [0.05, 0.1) is 0 Å². The molecule has 0 saturated carbocycles. The Bertz CT molecular complexity index is 334. The third-order valence-corrected chi connectivity index (χ3v) is 3.71. The average Bonchev–Trinajstić information content (AvgIpc) is 2.41. The number of likely N-dealkylation sites (tertiary alicyclic amines) is 1.